The lowest BCUT2D eigenvalue weighted by Crippen LogP contribution is -2.23. The Morgan fingerprint density at radius 3 is 3.14 bits per heavy atom. The van der Waals surface area contributed by atoms with Crippen LogP contribution in [0.15, 0.2) is 30.3 Å². The van der Waals surface area contributed by atoms with Gasteiger partial charge < -0.3 is 4.74 Å². The molecule has 1 aliphatic heterocycles. The number of hydrogen-bond acceptors (Lipinski definition) is 1. The molecular formula is C13H14O. The lowest BCUT2D eigenvalue weighted by Gasteiger charge is -2.30. The van der Waals surface area contributed by atoms with Gasteiger partial charge in [-0.05, 0) is 36.0 Å². The summed E-state index contributed by atoms with van der Waals surface area (Å²) >= 11 is 0. The minimum absolute atomic E-state index is 0.374. The molecule has 72 valence electrons. The molecule has 14 heavy (non-hydrogen) atoms. The van der Waals surface area contributed by atoms with E-state index in [-0.39, 0.29) is 0 Å². The van der Waals surface area contributed by atoms with E-state index >= 15 is 0 Å². The lowest BCUT2D eigenvalue weighted by atomic mass is 9.87. The van der Waals surface area contributed by atoms with Crippen LogP contribution in [0.5, 0.6) is 0 Å². The van der Waals surface area contributed by atoms with Crippen LogP contribution in [0.2, 0.25) is 0 Å². The Balaban J connectivity index is 2.11. The second-order valence-corrected chi connectivity index (χ2v) is 4.05. The van der Waals surface area contributed by atoms with Crippen LogP contribution < -0.4 is 0 Å². The molecule has 0 amide bonds. The summed E-state index contributed by atoms with van der Waals surface area (Å²) in [6.07, 6.45) is 6.41. The highest BCUT2D eigenvalue weighted by molar-refractivity contribution is 5.73. The number of benzene rings is 1. The van der Waals surface area contributed by atoms with Crippen LogP contribution in [0, 0.1) is 0 Å². The van der Waals surface area contributed by atoms with E-state index in [4.69, 9.17) is 4.74 Å². The van der Waals surface area contributed by atoms with Crippen LogP contribution in [-0.4, -0.2) is 6.10 Å². The summed E-state index contributed by atoms with van der Waals surface area (Å²) in [7, 11) is 0. The van der Waals surface area contributed by atoms with Gasteiger partial charge in [-0.1, -0.05) is 30.3 Å². The smallest absolute Gasteiger partial charge is 0.0832 e. The molecule has 1 unspecified atom stereocenters. The normalized spacial score (nSPS) is 24.9. The maximum absolute atomic E-state index is 5.84. The SMILES string of the molecule is C1=C2c3ccccc3COC2CCC1. The molecule has 3 rings (SSSR count). The average molecular weight is 186 g/mol. The third kappa shape index (κ3) is 1.20. The molecule has 1 aromatic rings. The molecular weight excluding hydrogens is 172 g/mol. The summed E-state index contributed by atoms with van der Waals surface area (Å²) < 4.78 is 5.84. The molecule has 1 aromatic carbocycles. The van der Waals surface area contributed by atoms with Gasteiger partial charge in [0.25, 0.3) is 0 Å². The average Bonchev–Trinajstić information content (AvgIpc) is 2.29. The molecule has 0 spiro atoms. The molecule has 0 fully saturated rings. The standard InChI is InChI=1S/C13H14O/c1-2-6-11-10(5-1)9-14-13-8-4-3-7-12(11)13/h1-2,5-7,13H,3-4,8-9H2. The zero-order valence-electron chi connectivity index (χ0n) is 8.20. The molecule has 0 bridgehead atoms. The minimum atomic E-state index is 0.374. The van der Waals surface area contributed by atoms with Gasteiger partial charge in [0, 0.05) is 0 Å². The van der Waals surface area contributed by atoms with Gasteiger partial charge in [0.15, 0.2) is 0 Å². The fourth-order valence-electron chi connectivity index (χ4n) is 2.42. The Morgan fingerprint density at radius 2 is 2.14 bits per heavy atom. The van der Waals surface area contributed by atoms with Crippen molar-refractivity contribution in [1.29, 1.82) is 0 Å². The molecule has 1 heteroatoms. The second kappa shape index (κ2) is 3.25. The van der Waals surface area contributed by atoms with E-state index < -0.39 is 0 Å². The van der Waals surface area contributed by atoms with Gasteiger partial charge in [0.2, 0.25) is 0 Å². The first-order chi connectivity index (χ1) is 6.95. The summed E-state index contributed by atoms with van der Waals surface area (Å²) in [6, 6.07) is 8.60. The summed E-state index contributed by atoms with van der Waals surface area (Å²) in [6.45, 7) is 0.790. The molecule has 1 aliphatic carbocycles. The van der Waals surface area contributed by atoms with E-state index in [2.05, 4.69) is 30.3 Å². The van der Waals surface area contributed by atoms with Gasteiger partial charge in [-0.15, -0.1) is 0 Å². The predicted octanol–water partition coefficient (Wildman–Crippen LogP) is 3.15. The minimum Gasteiger partial charge on any atom is -0.369 e. The number of ether oxygens (including phenoxy) is 1. The molecule has 0 aromatic heterocycles. The number of rotatable bonds is 0. The van der Waals surface area contributed by atoms with Gasteiger partial charge in [-0.25, -0.2) is 0 Å². The summed E-state index contributed by atoms with van der Waals surface area (Å²) in [5.74, 6) is 0. The van der Waals surface area contributed by atoms with Gasteiger partial charge in [0.05, 0.1) is 12.7 Å². The largest absolute Gasteiger partial charge is 0.369 e. The van der Waals surface area contributed by atoms with Crippen LogP contribution in [0.4, 0.5) is 0 Å². The highest BCUT2D eigenvalue weighted by atomic mass is 16.5. The highest BCUT2D eigenvalue weighted by Gasteiger charge is 2.25. The van der Waals surface area contributed by atoms with Crippen LogP contribution in [0.3, 0.4) is 0 Å². The maximum atomic E-state index is 5.84. The lowest BCUT2D eigenvalue weighted by molar-refractivity contribution is 0.0622. The van der Waals surface area contributed by atoms with E-state index in [9.17, 15) is 0 Å². The van der Waals surface area contributed by atoms with Crippen molar-refractivity contribution in [2.24, 2.45) is 0 Å². The van der Waals surface area contributed by atoms with Gasteiger partial charge in [-0.3, -0.25) is 0 Å². The Morgan fingerprint density at radius 1 is 1.21 bits per heavy atom. The van der Waals surface area contributed by atoms with Crippen molar-refractivity contribution in [3.05, 3.63) is 41.5 Å². The Labute approximate surface area is 84.4 Å². The Hall–Kier alpha value is -1.08. The van der Waals surface area contributed by atoms with E-state index in [0.29, 0.717) is 6.10 Å². The van der Waals surface area contributed by atoms with Crippen molar-refractivity contribution in [1.82, 2.24) is 0 Å². The van der Waals surface area contributed by atoms with E-state index in [1.54, 1.807) is 0 Å². The van der Waals surface area contributed by atoms with Gasteiger partial charge in [0.1, 0.15) is 0 Å². The number of fused-ring (bicyclic) bond motifs is 3. The maximum Gasteiger partial charge on any atom is 0.0832 e. The Kier molecular flexibility index (Phi) is 1.91. The number of hydrogen-bond donors (Lipinski definition) is 0. The summed E-state index contributed by atoms with van der Waals surface area (Å²) in [5.41, 5.74) is 4.19. The van der Waals surface area contributed by atoms with Crippen LogP contribution in [-0.2, 0) is 11.3 Å². The first kappa shape index (κ1) is 8.25. The zero-order valence-corrected chi connectivity index (χ0v) is 8.20. The van der Waals surface area contributed by atoms with Gasteiger partial charge in [-0.2, -0.15) is 0 Å². The van der Waals surface area contributed by atoms with Crippen molar-refractivity contribution in [2.75, 3.05) is 0 Å². The van der Waals surface area contributed by atoms with Crippen molar-refractivity contribution in [3.8, 4) is 0 Å². The van der Waals surface area contributed by atoms with Crippen molar-refractivity contribution in [3.63, 3.8) is 0 Å². The molecule has 0 saturated heterocycles. The first-order valence-corrected chi connectivity index (χ1v) is 5.35. The van der Waals surface area contributed by atoms with E-state index in [1.807, 2.05) is 0 Å². The third-order valence-corrected chi connectivity index (χ3v) is 3.15. The molecule has 0 N–H and O–H groups in total. The van der Waals surface area contributed by atoms with Crippen LogP contribution in [0.25, 0.3) is 5.57 Å². The zero-order chi connectivity index (χ0) is 9.38. The third-order valence-electron chi connectivity index (χ3n) is 3.15. The second-order valence-electron chi connectivity index (χ2n) is 4.05. The molecule has 1 atom stereocenters. The van der Waals surface area contributed by atoms with Crippen molar-refractivity contribution < 1.29 is 4.74 Å². The quantitative estimate of drug-likeness (QED) is 0.604. The van der Waals surface area contributed by atoms with Crippen molar-refractivity contribution >= 4 is 5.57 Å². The molecule has 0 saturated carbocycles. The van der Waals surface area contributed by atoms with E-state index in [0.717, 1.165) is 6.61 Å². The fraction of sp³-hybridized carbons (Fsp3) is 0.385. The molecule has 1 nitrogen and oxygen atoms in total. The predicted molar refractivity (Wildman–Crippen MR) is 56.8 cm³/mol. The van der Waals surface area contributed by atoms with E-state index in [1.165, 1.54) is 36.0 Å². The molecule has 2 aliphatic rings. The first-order valence-electron chi connectivity index (χ1n) is 5.35. The van der Waals surface area contributed by atoms with Crippen molar-refractivity contribution in [2.45, 2.75) is 32.0 Å². The van der Waals surface area contributed by atoms with Gasteiger partial charge >= 0.3 is 0 Å². The monoisotopic (exact) mass is 186 g/mol. The summed E-state index contributed by atoms with van der Waals surface area (Å²) in [4.78, 5) is 0. The molecule has 1 heterocycles. The van der Waals surface area contributed by atoms with Crippen LogP contribution >= 0.6 is 0 Å². The Bertz CT molecular complexity index is 379. The number of allylic oxidation sites excluding steroid dienone is 1. The topological polar surface area (TPSA) is 9.23 Å². The summed E-state index contributed by atoms with van der Waals surface area (Å²) in [5, 5.41) is 0. The fourth-order valence-corrected chi connectivity index (χ4v) is 2.42. The highest BCUT2D eigenvalue weighted by Crippen LogP contribution is 2.35. The van der Waals surface area contributed by atoms with Crippen LogP contribution in [0.1, 0.15) is 30.4 Å². The molecule has 0 radical (unpaired) electrons.